The van der Waals surface area contributed by atoms with Crippen molar-refractivity contribution in [3.63, 3.8) is 0 Å². The van der Waals surface area contributed by atoms with E-state index in [2.05, 4.69) is 10.5 Å². The topological polar surface area (TPSA) is 58.5 Å². The van der Waals surface area contributed by atoms with Gasteiger partial charge in [-0.2, -0.15) is 5.10 Å². The number of benzene rings is 2. The van der Waals surface area contributed by atoms with Crippen molar-refractivity contribution in [2.45, 2.75) is 13.8 Å². The van der Waals surface area contributed by atoms with Gasteiger partial charge in [0, 0.05) is 11.1 Å². The highest BCUT2D eigenvalue weighted by atomic mass is 16.1. The van der Waals surface area contributed by atoms with Gasteiger partial charge in [-0.3, -0.25) is 15.0 Å². The molecule has 0 spiro atoms. The highest BCUT2D eigenvalue weighted by Crippen LogP contribution is 2.10. The van der Waals surface area contributed by atoms with Crippen LogP contribution in [0, 0.1) is 0 Å². The number of hydrogen-bond acceptors (Lipinski definition) is 4. The van der Waals surface area contributed by atoms with Crippen LogP contribution in [0.5, 0.6) is 0 Å². The zero-order valence-electron chi connectivity index (χ0n) is 12.0. The van der Waals surface area contributed by atoms with Crippen LogP contribution in [0.15, 0.2) is 53.6 Å². The van der Waals surface area contributed by atoms with Gasteiger partial charge in [0.1, 0.15) is 0 Å². The van der Waals surface area contributed by atoms with E-state index in [1.807, 2.05) is 12.1 Å². The van der Waals surface area contributed by atoms with Crippen molar-refractivity contribution in [1.82, 2.24) is 0 Å². The minimum Gasteiger partial charge on any atom is -0.295 e. The Morgan fingerprint density at radius 2 is 1.33 bits per heavy atom. The number of nitrogens with zero attached hydrogens (tertiary/aromatic N) is 1. The fraction of sp³-hybridized carbons (Fsp3) is 0.118. The highest BCUT2D eigenvalue weighted by Gasteiger charge is 1.98. The van der Waals surface area contributed by atoms with Crippen LogP contribution in [-0.2, 0) is 0 Å². The lowest BCUT2D eigenvalue weighted by atomic mass is 10.1. The first kappa shape index (κ1) is 14.7. The van der Waals surface area contributed by atoms with Gasteiger partial charge in [0.25, 0.3) is 0 Å². The van der Waals surface area contributed by atoms with Crippen LogP contribution in [0.1, 0.15) is 40.1 Å². The van der Waals surface area contributed by atoms with Crippen LogP contribution in [0.2, 0.25) is 0 Å². The molecule has 0 heterocycles. The zero-order chi connectivity index (χ0) is 15.2. The SMILES string of the molecule is CC(=O)c1ccc(/C=N\Nc2ccc(C(C)=O)cc2)cc1. The van der Waals surface area contributed by atoms with Gasteiger partial charge < -0.3 is 0 Å². The molecular weight excluding hydrogens is 264 g/mol. The number of carbonyl (C=O) groups excluding carboxylic acids is 2. The van der Waals surface area contributed by atoms with Gasteiger partial charge in [-0.1, -0.05) is 24.3 Å². The van der Waals surface area contributed by atoms with E-state index in [9.17, 15) is 9.59 Å². The third-order valence-corrected chi connectivity index (χ3v) is 3.02. The van der Waals surface area contributed by atoms with Gasteiger partial charge in [0.15, 0.2) is 11.6 Å². The van der Waals surface area contributed by atoms with Gasteiger partial charge in [-0.25, -0.2) is 0 Å². The van der Waals surface area contributed by atoms with Crippen LogP contribution in [0.3, 0.4) is 0 Å². The molecule has 4 heteroatoms. The summed E-state index contributed by atoms with van der Waals surface area (Å²) in [5, 5.41) is 4.12. The predicted octanol–water partition coefficient (Wildman–Crippen LogP) is 3.54. The van der Waals surface area contributed by atoms with Crippen molar-refractivity contribution < 1.29 is 9.59 Å². The molecule has 0 radical (unpaired) electrons. The van der Waals surface area contributed by atoms with E-state index < -0.39 is 0 Å². The number of hydrogen-bond donors (Lipinski definition) is 1. The number of rotatable bonds is 5. The van der Waals surface area contributed by atoms with Crippen molar-refractivity contribution in [3.8, 4) is 0 Å². The average molecular weight is 280 g/mol. The summed E-state index contributed by atoms with van der Waals surface area (Å²) in [7, 11) is 0. The van der Waals surface area contributed by atoms with E-state index >= 15 is 0 Å². The first-order valence-electron chi connectivity index (χ1n) is 6.57. The van der Waals surface area contributed by atoms with E-state index in [1.165, 1.54) is 13.8 Å². The maximum atomic E-state index is 11.2. The average Bonchev–Trinajstić information content (AvgIpc) is 2.48. The summed E-state index contributed by atoms with van der Waals surface area (Å²) in [4.78, 5) is 22.3. The number of ketones is 2. The molecular formula is C17H16N2O2. The second-order valence-electron chi connectivity index (χ2n) is 4.68. The lowest BCUT2D eigenvalue weighted by Crippen LogP contribution is -1.95. The predicted molar refractivity (Wildman–Crippen MR) is 84.1 cm³/mol. The number of anilines is 1. The third kappa shape index (κ3) is 4.11. The van der Waals surface area contributed by atoms with Gasteiger partial charge in [-0.15, -0.1) is 0 Å². The Labute approximate surface area is 123 Å². The van der Waals surface area contributed by atoms with Crippen LogP contribution in [0.25, 0.3) is 0 Å². The summed E-state index contributed by atoms with van der Waals surface area (Å²) in [5.74, 6) is 0.0813. The quantitative estimate of drug-likeness (QED) is 0.518. The molecule has 0 saturated heterocycles. The molecule has 0 atom stereocenters. The standard InChI is InChI=1S/C17H16N2O2/c1-12(20)15-5-3-14(4-6-15)11-18-19-17-9-7-16(8-10-17)13(2)21/h3-11,19H,1-2H3/b18-11-. The molecule has 0 aliphatic heterocycles. The fourth-order valence-corrected chi connectivity index (χ4v) is 1.76. The minimum absolute atomic E-state index is 0.0376. The highest BCUT2D eigenvalue weighted by molar-refractivity contribution is 5.95. The van der Waals surface area contributed by atoms with Crippen LogP contribution >= 0.6 is 0 Å². The molecule has 0 unspecified atom stereocenters. The molecule has 0 aromatic heterocycles. The molecule has 2 aromatic carbocycles. The van der Waals surface area contributed by atoms with Gasteiger partial charge in [-0.05, 0) is 43.7 Å². The monoisotopic (exact) mass is 280 g/mol. The molecule has 2 rings (SSSR count). The summed E-state index contributed by atoms with van der Waals surface area (Å²) in [5.41, 5.74) is 5.94. The summed E-state index contributed by atoms with van der Waals surface area (Å²) in [6.07, 6.45) is 1.67. The normalized spacial score (nSPS) is 10.6. The fourth-order valence-electron chi connectivity index (χ4n) is 1.76. The molecule has 0 fully saturated rings. The van der Waals surface area contributed by atoms with E-state index in [0.29, 0.717) is 11.1 Å². The van der Waals surface area contributed by atoms with Crippen LogP contribution in [-0.4, -0.2) is 17.8 Å². The Balaban J connectivity index is 1.98. The second-order valence-corrected chi connectivity index (χ2v) is 4.68. The van der Waals surface area contributed by atoms with Gasteiger partial charge in [0.05, 0.1) is 11.9 Å². The molecule has 0 aliphatic carbocycles. The summed E-state index contributed by atoms with van der Waals surface area (Å²) in [6.45, 7) is 3.07. The molecule has 0 bridgehead atoms. The van der Waals surface area contributed by atoms with Crippen molar-refractivity contribution in [1.29, 1.82) is 0 Å². The van der Waals surface area contributed by atoms with E-state index in [1.54, 1.807) is 42.6 Å². The smallest absolute Gasteiger partial charge is 0.159 e. The molecule has 2 aromatic rings. The van der Waals surface area contributed by atoms with Crippen molar-refractivity contribution in [2.24, 2.45) is 5.10 Å². The Kier molecular flexibility index (Phi) is 4.61. The van der Waals surface area contributed by atoms with Crippen molar-refractivity contribution >= 4 is 23.5 Å². The molecule has 0 aliphatic rings. The third-order valence-electron chi connectivity index (χ3n) is 3.02. The van der Waals surface area contributed by atoms with E-state index in [-0.39, 0.29) is 11.6 Å². The molecule has 1 N–H and O–H groups in total. The molecule has 106 valence electrons. The molecule has 0 amide bonds. The van der Waals surface area contributed by atoms with Crippen LogP contribution in [0.4, 0.5) is 5.69 Å². The summed E-state index contributed by atoms with van der Waals surface area (Å²) < 4.78 is 0. The largest absolute Gasteiger partial charge is 0.295 e. The lowest BCUT2D eigenvalue weighted by molar-refractivity contribution is 0.100. The maximum absolute atomic E-state index is 11.2. The zero-order valence-corrected chi connectivity index (χ0v) is 12.0. The van der Waals surface area contributed by atoms with E-state index in [0.717, 1.165) is 11.3 Å². The van der Waals surface area contributed by atoms with Crippen molar-refractivity contribution in [3.05, 3.63) is 65.2 Å². The minimum atomic E-state index is 0.0376. The second kappa shape index (κ2) is 6.61. The molecule has 0 saturated carbocycles. The Bertz CT molecular complexity index is 671. The Morgan fingerprint density at radius 1 is 0.857 bits per heavy atom. The van der Waals surface area contributed by atoms with Gasteiger partial charge >= 0.3 is 0 Å². The maximum Gasteiger partial charge on any atom is 0.159 e. The number of carbonyl (C=O) groups is 2. The Morgan fingerprint density at radius 3 is 1.81 bits per heavy atom. The van der Waals surface area contributed by atoms with Gasteiger partial charge in [0.2, 0.25) is 0 Å². The lowest BCUT2D eigenvalue weighted by Gasteiger charge is -2.01. The number of hydrazone groups is 1. The molecule has 21 heavy (non-hydrogen) atoms. The summed E-state index contributed by atoms with van der Waals surface area (Å²) in [6, 6.07) is 14.3. The first-order chi connectivity index (χ1) is 10.1. The number of nitrogens with one attached hydrogen (secondary N) is 1. The van der Waals surface area contributed by atoms with Crippen molar-refractivity contribution in [2.75, 3.05) is 5.43 Å². The number of Topliss-reactive ketones (excluding diaryl/α,β-unsaturated/α-hetero) is 2. The molecule has 4 nitrogen and oxygen atoms in total. The first-order valence-corrected chi connectivity index (χ1v) is 6.57. The summed E-state index contributed by atoms with van der Waals surface area (Å²) >= 11 is 0. The van der Waals surface area contributed by atoms with Crippen LogP contribution < -0.4 is 5.43 Å². The van der Waals surface area contributed by atoms with E-state index in [4.69, 9.17) is 0 Å². The Hall–Kier alpha value is -2.75.